The maximum atomic E-state index is 11.2. The predicted octanol–water partition coefficient (Wildman–Crippen LogP) is 3.27. The highest BCUT2D eigenvalue weighted by Gasteiger charge is 2.08. The molecule has 0 radical (unpaired) electrons. The molecular formula is C25H32N2O4S2. The molecule has 0 aliphatic heterocycles. The molecule has 6 nitrogen and oxygen atoms in total. The van der Waals surface area contributed by atoms with Crippen molar-refractivity contribution in [2.24, 2.45) is 0 Å². The Bertz CT molecular complexity index is 863. The van der Waals surface area contributed by atoms with Crippen molar-refractivity contribution in [1.82, 2.24) is 10.6 Å². The van der Waals surface area contributed by atoms with Gasteiger partial charge in [-0.1, -0.05) is 49.6 Å². The third kappa shape index (κ3) is 14.3. The molecule has 0 saturated carbocycles. The first-order chi connectivity index (χ1) is 15.8. The predicted molar refractivity (Wildman–Crippen MR) is 137 cm³/mol. The molecule has 0 bridgehead atoms. The van der Waals surface area contributed by atoms with Crippen LogP contribution >= 0.6 is 23.5 Å². The smallest absolute Gasteiger partial charge is 0.246 e. The molecule has 0 saturated heterocycles. The fourth-order valence-corrected chi connectivity index (χ4v) is 3.89. The van der Waals surface area contributed by atoms with E-state index in [1.807, 2.05) is 60.7 Å². The standard InChI is InChI=1S/C13H17NO2S.C12H15NO2S/c1-10(2)13(16)14-8-11(15)9-17-12-6-4-3-5-7-12;1-2-12(15)13-8-10(14)9-16-11-6-4-3-5-7-11/h3-7,11,15H,1,8-9H2,2H3,(H,14,16);2-7,10,14H,1,8-9H2,(H,13,15). The highest BCUT2D eigenvalue weighted by molar-refractivity contribution is 7.99. The Kier molecular flexibility index (Phi) is 14.7. The van der Waals surface area contributed by atoms with Gasteiger partial charge in [-0.05, 0) is 37.3 Å². The zero-order valence-corrected chi connectivity index (χ0v) is 20.4. The van der Waals surface area contributed by atoms with E-state index in [4.69, 9.17) is 0 Å². The fraction of sp³-hybridized carbons (Fsp3) is 0.280. The van der Waals surface area contributed by atoms with Crippen molar-refractivity contribution in [3.8, 4) is 0 Å². The number of carbonyl (C=O) groups excluding carboxylic acids is 2. The summed E-state index contributed by atoms with van der Waals surface area (Å²) in [6.07, 6.45) is 0.0921. The van der Waals surface area contributed by atoms with Crippen molar-refractivity contribution >= 4 is 35.3 Å². The molecule has 33 heavy (non-hydrogen) atoms. The second-order valence-electron chi connectivity index (χ2n) is 7.00. The van der Waals surface area contributed by atoms with Crippen LogP contribution in [0.3, 0.4) is 0 Å². The van der Waals surface area contributed by atoms with Crippen LogP contribution in [0.4, 0.5) is 0 Å². The highest BCUT2D eigenvalue weighted by Crippen LogP contribution is 2.18. The lowest BCUT2D eigenvalue weighted by molar-refractivity contribution is -0.118. The molecule has 178 valence electrons. The van der Waals surface area contributed by atoms with E-state index in [0.29, 0.717) is 17.1 Å². The van der Waals surface area contributed by atoms with Crippen LogP contribution in [0.5, 0.6) is 0 Å². The molecule has 0 aromatic heterocycles. The van der Waals surface area contributed by atoms with Gasteiger partial charge in [0.15, 0.2) is 0 Å². The number of carbonyl (C=O) groups is 2. The second kappa shape index (κ2) is 17.0. The highest BCUT2D eigenvalue weighted by atomic mass is 32.2. The van der Waals surface area contributed by atoms with Crippen LogP contribution in [-0.2, 0) is 9.59 Å². The van der Waals surface area contributed by atoms with Gasteiger partial charge in [0.05, 0.1) is 12.2 Å². The third-order valence-corrected chi connectivity index (χ3v) is 6.27. The number of thioether (sulfide) groups is 2. The Morgan fingerprint density at radius 3 is 1.70 bits per heavy atom. The summed E-state index contributed by atoms with van der Waals surface area (Å²) >= 11 is 3.13. The Labute approximate surface area is 204 Å². The van der Waals surface area contributed by atoms with Crippen molar-refractivity contribution in [2.75, 3.05) is 24.6 Å². The summed E-state index contributed by atoms with van der Waals surface area (Å²) in [5, 5.41) is 24.4. The van der Waals surface area contributed by atoms with E-state index < -0.39 is 12.2 Å². The molecule has 0 aliphatic rings. The molecule has 2 atom stereocenters. The maximum absolute atomic E-state index is 11.2. The fourth-order valence-electron chi connectivity index (χ4n) is 2.19. The van der Waals surface area contributed by atoms with E-state index >= 15 is 0 Å². The number of hydrogen-bond donors (Lipinski definition) is 4. The van der Waals surface area contributed by atoms with Gasteiger partial charge in [-0.15, -0.1) is 23.5 Å². The van der Waals surface area contributed by atoms with Gasteiger partial charge in [0, 0.05) is 40.0 Å². The third-order valence-electron chi connectivity index (χ3n) is 3.95. The number of aliphatic hydroxyl groups excluding tert-OH is 2. The van der Waals surface area contributed by atoms with Gasteiger partial charge in [0.25, 0.3) is 0 Å². The van der Waals surface area contributed by atoms with Crippen molar-refractivity contribution in [3.63, 3.8) is 0 Å². The molecule has 0 aliphatic carbocycles. The van der Waals surface area contributed by atoms with Crippen LogP contribution in [0.1, 0.15) is 6.92 Å². The van der Waals surface area contributed by atoms with E-state index in [9.17, 15) is 19.8 Å². The first-order valence-corrected chi connectivity index (χ1v) is 12.3. The molecule has 8 heteroatoms. The second-order valence-corrected chi connectivity index (χ2v) is 9.18. The van der Waals surface area contributed by atoms with E-state index in [1.54, 1.807) is 30.4 Å². The number of benzene rings is 2. The summed E-state index contributed by atoms with van der Waals surface area (Å²) in [4.78, 5) is 24.3. The van der Waals surface area contributed by atoms with Crippen molar-refractivity contribution in [1.29, 1.82) is 0 Å². The van der Waals surface area contributed by atoms with E-state index in [1.165, 1.54) is 6.08 Å². The summed E-state index contributed by atoms with van der Waals surface area (Å²) in [6, 6.07) is 19.7. The van der Waals surface area contributed by atoms with Gasteiger partial charge < -0.3 is 20.8 Å². The number of nitrogens with one attached hydrogen (secondary N) is 2. The van der Waals surface area contributed by atoms with Crippen molar-refractivity contribution < 1.29 is 19.8 Å². The molecule has 2 amide bonds. The number of aliphatic hydroxyl groups is 2. The summed E-state index contributed by atoms with van der Waals surface area (Å²) in [5.74, 6) is 0.638. The van der Waals surface area contributed by atoms with Gasteiger partial charge in [-0.2, -0.15) is 0 Å². The summed E-state index contributed by atoms with van der Waals surface area (Å²) in [6.45, 7) is 9.01. The molecule has 2 rings (SSSR count). The number of amides is 2. The van der Waals surface area contributed by atoms with Crippen LogP contribution in [0.2, 0.25) is 0 Å². The lowest BCUT2D eigenvalue weighted by atomic mass is 10.3. The summed E-state index contributed by atoms with van der Waals surface area (Å²) in [5.41, 5.74) is 0.452. The first kappa shape index (κ1) is 28.5. The van der Waals surface area contributed by atoms with E-state index in [-0.39, 0.29) is 24.9 Å². The number of hydrogen-bond acceptors (Lipinski definition) is 6. The minimum atomic E-state index is -0.552. The molecule has 2 unspecified atom stereocenters. The quantitative estimate of drug-likeness (QED) is 0.270. The monoisotopic (exact) mass is 488 g/mol. The van der Waals surface area contributed by atoms with E-state index in [2.05, 4.69) is 23.8 Å². The minimum absolute atomic E-state index is 0.214. The molecule has 4 N–H and O–H groups in total. The normalized spacial score (nSPS) is 11.8. The average Bonchev–Trinajstić information content (AvgIpc) is 2.84. The van der Waals surface area contributed by atoms with Crippen LogP contribution in [-0.4, -0.2) is 58.8 Å². The van der Waals surface area contributed by atoms with Crippen molar-refractivity contribution in [2.45, 2.75) is 28.9 Å². The zero-order valence-electron chi connectivity index (χ0n) is 18.8. The Hall–Kier alpha value is -2.52. The molecule has 0 spiro atoms. The van der Waals surface area contributed by atoms with Crippen LogP contribution in [0.25, 0.3) is 0 Å². The van der Waals surface area contributed by atoms with Gasteiger partial charge in [-0.25, -0.2) is 0 Å². The largest absolute Gasteiger partial charge is 0.390 e. The van der Waals surface area contributed by atoms with Gasteiger partial charge in [0.2, 0.25) is 11.8 Å². The molecule has 0 fully saturated rings. The Balaban J connectivity index is 0.000000331. The molecular weight excluding hydrogens is 456 g/mol. The van der Waals surface area contributed by atoms with E-state index in [0.717, 1.165) is 9.79 Å². The molecule has 2 aromatic carbocycles. The lowest BCUT2D eigenvalue weighted by Gasteiger charge is -2.11. The maximum Gasteiger partial charge on any atom is 0.246 e. The summed E-state index contributed by atoms with van der Waals surface area (Å²) in [7, 11) is 0. The van der Waals surface area contributed by atoms with Crippen molar-refractivity contribution in [3.05, 3.63) is 85.5 Å². The van der Waals surface area contributed by atoms with Gasteiger partial charge in [0.1, 0.15) is 0 Å². The minimum Gasteiger partial charge on any atom is -0.390 e. The topological polar surface area (TPSA) is 98.7 Å². The summed E-state index contributed by atoms with van der Waals surface area (Å²) < 4.78 is 0. The molecule has 2 aromatic rings. The number of rotatable bonds is 12. The Morgan fingerprint density at radius 1 is 0.879 bits per heavy atom. The van der Waals surface area contributed by atoms with Crippen LogP contribution in [0.15, 0.2) is 95.3 Å². The van der Waals surface area contributed by atoms with Crippen LogP contribution < -0.4 is 10.6 Å². The lowest BCUT2D eigenvalue weighted by Crippen LogP contribution is -2.33. The van der Waals surface area contributed by atoms with Gasteiger partial charge >= 0.3 is 0 Å². The average molecular weight is 489 g/mol. The van der Waals surface area contributed by atoms with Gasteiger partial charge in [-0.3, -0.25) is 9.59 Å². The van der Waals surface area contributed by atoms with Crippen LogP contribution in [0, 0.1) is 0 Å². The SMILES string of the molecule is C=C(C)C(=O)NCC(O)CSc1ccccc1.C=CC(=O)NCC(O)CSc1ccccc1. The molecule has 0 heterocycles. The first-order valence-electron chi connectivity index (χ1n) is 10.4. The Morgan fingerprint density at radius 2 is 1.30 bits per heavy atom. The zero-order chi connectivity index (χ0) is 24.5.